The number of rotatable bonds is 5. The van der Waals surface area contributed by atoms with Crippen LogP contribution in [-0.4, -0.2) is 35.7 Å². The summed E-state index contributed by atoms with van der Waals surface area (Å²) in [5.41, 5.74) is 4.92. The second kappa shape index (κ2) is 7.11. The van der Waals surface area contributed by atoms with Gasteiger partial charge in [0.1, 0.15) is 5.60 Å². The van der Waals surface area contributed by atoms with Crippen molar-refractivity contribution >= 4 is 12.0 Å². The molecule has 122 valence electrons. The molecule has 1 rings (SSSR count). The lowest BCUT2D eigenvalue weighted by atomic mass is 10.0. The van der Waals surface area contributed by atoms with Gasteiger partial charge in [0, 0.05) is 12.1 Å². The van der Waals surface area contributed by atoms with Crippen molar-refractivity contribution in [2.45, 2.75) is 77.6 Å². The van der Waals surface area contributed by atoms with Gasteiger partial charge in [0.2, 0.25) is 5.91 Å². The molecule has 6 nitrogen and oxygen atoms in total. The highest BCUT2D eigenvalue weighted by Crippen LogP contribution is 2.21. The fourth-order valence-corrected chi connectivity index (χ4v) is 2.60. The minimum atomic E-state index is -0.491. The predicted octanol–water partition coefficient (Wildman–Crippen LogP) is 1.53. The maximum Gasteiger partial charge on any atom is 0.407 e. The van der Waals surface area contributed by atoms with E-state index in [-0.39, 0.29) is 36.0 Å². The van der Waals surface area contributed by atoms with Gasteiger partial charge in [-0.25, -0.2) is 4.79 Å². The Hall–Kier alpha value is -1.30. The first-order valence-corrected chi connectivity index (χ1v) is 7.63. The van der Waals surface area contributed by atoms with Gasteiger partial charge in [0.05, 0.1) is 6.04 Å². The van der Waals surface area contributed by atoms with E-state index in [2.05, 4.69) is 10.6 Å². The van der Waals surface area contributed by atoms with E-state index < -0.39 is 5.60 Å². The molecule has 1 aliphatic rings. The summed E-state index contributed by atoms with van der Waals surface area (Å²) in [6, 6.07) is -0.0434. The second-order valence-electron chi connectivity index (χ2n) is 7.14. The van der Waals surface area contributed by atoms with Gasteiger partial charge in [-0.1, -0.05) is 13.8 Å². The van der Waals surface area contributed by atoms with E-state index in [1.54, 1.807) is 0 Å². The zero-order valence-corrected chi connectivity index (χ0v) is 13.7. The van der Waals surface area contributed by atoms with Gasteiger partial charge >= 0.3 is 6.09 Å². The molecule has 6 heteroatoms. The number of hydrogen-bond donors (Lipinski definition) is 3. The van der Waals surface area contributed by atoms with Crippen LogP contribution in [0.15, 0.2) is 0 Å². The summed E-state index contributed by atoms with van der Waals surface area (Å²) in [5.74, 6) is -0.172. The molecule has 1 aliphatic carbocycles. The van der Waals surface area contributed by atoms with Crippen molar-refractivity contribution in [2.24, 2.45) is 11.7 Å². The lowest BCUT2D eigenvalue weighted by Gasteiger charge is -2.24. The fourth-order valence-electron chi connectivity index (χ4n) is 2.60. The van der Waals surface area contributed by atoms with Gasteiger partial charge in [0.25, 0.3) is 0 Å². The number of alkyl carbamates (subject to hydrolysis) is 1. The quantitative estimate of drug-likeness (QED) is 0.717. The monoisotopic (exact) mass is 299 g/mol. The van der Waals surface area contributed by atoms with Crippen molar-refractivity contribution in [3.05, 3.63) is 0 Å². The minimum absolute atomic E-state index is 0.0815. The fraction of sp³-hybridized carbons (Fsp3) is 0.867. The summed E-state index contributed by atoms with van der Waals surface area (Å²) < 4.78 is 5.25. The van der Waals surface area contributed by atoms with Crippen molar-refractivity contribution < 1.29 is 14.3 Å². The highest BCUT2D eigenvalue weighted by Gasteiger charge is 2.31. The van der Waals surface area contributed by atoms with Crippen molar-refractivity contribution in [2.75, 3.05) is 0 Å². The number of ether oxygens (including phenoxy) is 1. The molecule has 4 N–H and O–H groups in total. The van der Waals surface area contributed by atoms with Crippen molar-refractivity contribution in [3.8, 4) is 0 Å². The van der Waals surface area contributed by atoms with Gasteiger partial charge in [-0.15, -0.1) is 0 Å². The summed E-state index contributed by atoms with van der Waals surface area (Å²) in [6.07, 6.45) is 2.19. The van der Waals surface area contributed by atoms with Crippen LogP contribution in [0.2, 0.25) is 0 Å². The Bertz CT molecular complexity index is 377. The maximum absolute atomic E-state index is 11.7. The molecule has 0 saturated heterocycles. The van der Waals surface area contributed by atoms with Crippen molar-refractivity contribution in [3.63, 3.8) is 0 Å². The summed E-state index contributed by atoms with van der Waals surface area (Å²) in [6.45, 7) is 9.45. The molecule has 3 atom stereocenters. The Balaban J connectivity index is 2.42. The van der Waals surface area contributed by atoms with E-state index in [1.807, 2.05) is 34.6 Å². The number of hydrogen-bond acceptors (Lipinski definition) is 4. The first-order valence-electron chi connectivity index (χ1n) is 7.63. The van der Waals surface area contributed by atoms with Crippen LogP contribution in [0.25, 0.3) is 0 Å². The van der Waals surface area contributed by atoms with E-state index >= 15 is 0 Å². The van der Waals surface area contributed by atoms with Crippen LogP contribution in [0.4, 0.5) is 4.79 Å². The Kier molecular flexibility index (Phi) is 6.01. The average molecular weight is 299 g/mol. The van der Waals surface area contributed by atoms with Crippen molar-refractivity contribution in [1.29, 1.82) is 0 Å². The minimum Gasteiger partial charge on any atom is -0.444 e. The molecule has 2 amide bonds. The highest BCUT2D eigenvalue weighted by molar-refractivity contribution is 5.80. The molecule has 0 radical (unpaired) electrons. The van der Waals surface area contributed by atoms with E-state index in [9.17, 15) is 9.59 Å². The van der Waals surface area contributed by atoms with Gasteiger partial charge in [0.15, 0.2) is 0 Å². The molecule has 3 unspecified atom stereocenters. The molecule has 0 aromatic rings. The molecule has 0 aromatic heterocycles. The lowest BCUT2D eigenvalue weighted by molar-refractivity contribution is -0.121. The van der Waals surface area contributed by atoms with E-state index in [1.165, 1.54) is 0 Å². The van der Waals surface area contributed by atoms with Gasteiger partial charge < -0.3 is 21.1 Å². The van der Waals surface area contributed by atoms with Crippen molar-refractivity contribution in [1.82, 2.24) is 10.6 Å². The normalized spacial score (nSPS) is 23.9. The molecule has 0 aliphatic heterocycles. The molecule has 0 spiro atoms. The van der Waals surface area contributed by atoms with Crippen LogP contribution < -0.4 is 16.4 Å². The number of primary amides is 1. The lowest BCUT2D eigenvalue weighted by Crippen LogP contribution is -2.49. The molecule has 1 fully saturated rings. The van der Waals surface area contributed by atoms with Gasteiger partial charge in [-0.3, -0.25) is 4.79 Å². The smallest absolute Gasteiger partial charge is 0.407 e. The molecule has 0 heterocycles. The van der Waals surface area contributed by atoms with Crippen LogP contribution in [0, 0.1) is 5.92 Å². The number of nitrogens with one attached hydrogen (secondary N) is 2. The van der Waals surface area contributed by atoms with Crippen LogP contribution in [0.3, 0.4) is 0 Å². The number of carbonyl (C=O) groups is 2. The van der Waals surface area contributed by atoms with Gasteiger partial charge in [-0.05, 0) is 46.0 Å². The van der Waals surface area contributed by atoms with E-state index in [0.717, 1.165) is 19.3 Å². The zero-order chi connectivity index (χ0) is 16.2. The third kappa shape index (κ3) is 6.33. The summed E-state index contributed by atoms with van der Waals surface area (Å²) >= 11 is 0. The van der Waals surface area contributed by atoms with Crippen LogP contribution in [0.1, 0.15) is 53.9 Å². The third-order valence-corrected chi connectivity index (χ3v) is 3.54. The first-order chi connectivity index (χ1) is 9.58. The zero-order valence-electron chi connectivity index (χ0n) is 13.7. The number of carbonyl (C=O) groups excluding carboxylic acids is 2. The summed E-state index contributed by atoms with van der Waals surface area (Å²) in [7, 11) is 0. The number of nitrogens with two attached hydrogens (primary N) is 1. The molecule has 0 aromatic carbocycles. The average Bonchev–Trinajstić information content (AvgIpc) is 2.69. The molecule has 21 heavy (non-hydrogen) atoms. The van der Waals surface area contributed by atoms with Crippen LogP contribution >= 0.6 is 0 Å². The largest absolute Gasteiger partial charge is 0.444 e. The Morgan fingerprint density at radius 2 is 1.76 bits per heavy atom. The van der Waals surface area contributed by atoms with E-state index in [4.69, 9.17) is 10.5 Å². The van der Waals surface area contributed by atoms with Crippen LogP contribution in [-0.2, 0) is 9.53 Å². The first kappa shape index (κ1) is 17.8. The topological polar surface area (TPSA) is 93.4 Å². The third-order valence-electron chi connectivity index (χ3n) is 3.54. The molecular formula is C15H29N3O3. The Morgan fingerprint density at radius 3 is 2.24 bits per heavy atom. The standard InChI is InChI=1S/C15H29N3O3/c1-9(2)12(13(16)19)17-10-6-7-11(8-10)18-14(20)21-15(3,4)5/h9-12,17H,6-8H2,1-5H3,(H2,16,19)(H,18,20). The maximum atomic E-state index is 11.7. The van der Waals surface area contributed by atoms with E-state index in [0.29, 0.717) is 0 Å². The van der Waals surface area contributed by atoms with Gasteiger partial charge in [-0.2, -0.15) is 0 Å². The second-order valence-corrected chi connectivity index (χ2v) is 7.14. The highest BCUT2D eigenvalue weighted by atomic mass is 16.6. The Labute approximate surface area is 127 Å². The molecule has 0 bridgehead atoms. The predicted molar refractivity (Wildman–Crippen MR) is 81.8 cm³/mol. The SMILES string of the molecule is CC(C)C(NC1CCC(NC(=O)OC(C)(C)C)C1)C(N)=O. The summed E-state index contributed by atoms with van der Waals surface area (Å²) in [5, 5.41) is 6.18. The van der Waals surface area contributed by atoms with Crippen LogP contribution in [0.5, 0.6) is 0 Å². The summed E-state index contributed by atoms with van der Waals surface area (Å²) in [4.78, 5) is 23.1. The molecular weight excluding hydrogens is 270 g/mol. The number of amides is 2. The molecule has 1 saturated carbocycles. The Morgan fingerprint density at radius 1 is 1.19 bits per heavy atom.